The van der Waals surface area contributed by atoms with E-state index in [1.165, 1.54) is 16.4 Å². The van der Waals surface area contributed by atoms with E-state index in [-0.39, 0.29) is 16.6 Å². The Bertz CT molecular complexity index is 432. The Labute approximate surface area is 111 Å². The van der Waals surface area contributed by atoms with Crippen LogP contribution in [0.2, 0.25) is 0 Å². The van der Waals surface area contributed by atoms with Gasteiger partial charge in [-0.15, -0.1) is 11.7 Å². The molecule has 0 fully saturated rings. The van der Waals surface area contributed by atoms with E-state index in [2.05, 4.69) is 30.8 Å². The maximum Gasteiger partial charge on any atom is 0.127 e. The molecule has 0 amide bonds. The van der Waals surface area contributed by atoms with Gasteiger partial charge in [0.2, 0.25) is 0 Å². The van der Waals surface area contributed by atoms with Gasteiger partial charge in [-0.3, -0.25) is 0 Å². The van der Waals surface area contributed by atoms with Crippen molar-refractivity contribution in [3.8, 4) is 0 Å². The number of halogens is 1. The molecule has 0 spiro atoms. The highest BCUT2D eigenvalue weighted by Gasteiger charge is 2.28. The Morgan fingerprint density at radius 3 is 2.82 bits per heavy atom. The predicted molar refractivity (Wildman–Crippen MR) is 76.1 cm³/mol. The van der Waals surface area contributed by atoms with Crippen molar-refractivity contribution in [3.63, 3.8) is 0 Å². The number of fused-ring (bicyclic) bond motifs is 1. The maximum absolute atomic E-state index is 14.1. The molecule has 0 bridgehead atoms. The Kier molecular flexibility index (Phi) is 3.76. The number of benzene rings is 1. The minimum atomic E-state index is -0.135. The van der Waals surface area contributed by atoms with Crippen molar-refractivity contribution in [2.45, 2.75) is 38.0 Å². The third kappa shape index (κ3) is 2.49. The Morgan fingerprint density at radius 1 is 1.47 bits per heavy atom. The van der Waals surface area contributed by atoms with Crippen molar-refractivity contribution >= 4 is 22.5 Å². The molecule has 0 aromatic heterocycles. The molecule has 94 valence electrons. The van der Waals surface area contributed by atoms with Crippen LogP contribution < -0.4 is 5.32 Å². The van der Waals surface area contributed by atoms with E-state index in [1.54, 1.807) is 6.07 Å². The number of thiol groups is 1. The summed E-state index contributed by atoms with van der Waals surface area (Å²) in [5, 5.41) is 3.50. The van der Waals surface area contributed by atoms with E-state index in [1.807, 2.05) is 13.0 Å². The molecule has 1 heterocycles. The van der Waals surface area contributed by atoms with Crippen LogP contribution >= 0.6 is 22.5 Å². The smallest absolute Gasteiger partial charge is 0.127 e. The van der Waals surface area contributed by atoms with Gasteiger partial charge in [0, 0.05) is 16.4 Å². The zero-order valence-corrected chi connectivity index (χ0v) is 12.1. The zero-order valence-electron chi connectivity index (χ0n) is 10.4. The van der Waals surface area contributed by atoms with Crippen LogP contribution in [0.25, 0.3) is 0 Å². The highest BCUT2D eigenvalue weighted by atomic mass is 33.1. The van der Waals surface area contributed by atoms with Crippen molar-refractivity contribution in [2.24, 2.45) is 0 Å². The van der Waals surface area contributed by atoms with Gasteiger partial charge in [-0.25, -0.2) is 4.39 Å². The first-order valence-corrected chi connectivity index (χ1v) is 7.77. The van der Waals surface area contributed by atoms with Gasteiger partial charge in [-0.2, -0.15) is 0 Å². The van der Waals surface area contributed by atoms with Crippen molar-refractivity contribution in [3.05, 3.63) is 34.6 Å². The number of hydrogen-bond acceptors (Lipinski definition) is 3. The largest absolute Gasteiger partial charge is 0.307 e. The third-order valence-electron chi connectivity index (χ3n) is 3.45. The Balaban J connectivity index is 2.50. The minimum Gasteiger partial charge on any atom is -0.307 e. The molecule has 0 saturated carbocycles. The van der Waals surface area contributed by atoms with Gasteiger partial charge < -0.3 is 5.32 Å². The topological polar surface area (TPSA) is 12.0 Å². The first-order valence-electron chi connectivity index (χ1n) is 5.84. The van der Waals surface area contributed by atoms with Crippen molar-refractivity contribution in [2.75, 3.05) is 6.54 Å². The standard InChI is InChI=1S/C13H18FNS2/c1-8(17-16)10-6-9-4-5-15-13(2,3)11(9)7-12(10)14/h6-8,15-16H,4-5H2,1-3H3. The van der Waals surface area contributed by atoms with Gasteiger partial charge in [0.1, 0.15) is 5.82 Å². The van der Waals surface area contributed by atoms with Crippen LogP contribution in [0.4, 0.5) is 4.39 Å². The fraction of sp³-hybridized carbons (Fsp3) is 0.538. The molecule has 1 aromatic carbocycles. The molecule has 4 heteroatoms. The van der Waals surface area contributed by atoms with Crippen LogP contribution in [0.5, 0.6) is 0 Å². The molecule has 1 nitrogen and oxygen atoms in total. The molecule has 2 rings (SSSR count). The summed E-state index contributed by atoms with van der Waals surface area (Å²) in [6.45, 7) is 7.13. The fourth-order valence-corrected chi connectivity index (χ4v) is 3.03. The zero-order chi connectivity index (χ0) is 12.6. The fourth-order valence-electron chi connectivity index (χ4n) is 2.40. The lowest BCUT2D eigenvalue weighted by Crippen LogP contribution is -2.42. The molecular weight excluding hydrogens is 253 g/mol. The van der Waals surface area contributed by atoms with E-state index in [0.29, 0.717) is 0 Å². The lowest BCUT2D eigenvalue weighted by molar-refractivity contribution is 0.379. The van der Waals surface area contributed by atoms with Crippen LogP contribution in [0, 0.1) is 5.82 Å². The summed E-state index contributed by atoms with van der Waals surface area (Å²) < 4.78 is 14.1. The Hall–Kier alpha value is -0.190. The number of hydrogen-bond donors (Lipinski definition) is 2. The minimum absolute atomic E-state index is 0.0848. The summed E-state index contributed by atoms with van der Waals surface area (Å²) in [4.78, 5) is 0. The van der Waals surface area contributed by atoms with E-state index in [0.717, 1.165) is 24.1 Å². The van der Waals surface area contributed by atoms with Gasteiger partial charge in [-0.05, 0) is 50.9 Å². The van der Waals surface area contributed by atoms with Crippen molar-refractivity contribution in [1.82, 2.24) is 5.32 Å². The molecule has 1 aliphatic rings. The van der Waals surface area contributed by atoms with Crippen LogP contribution in [0.3, 0.4) is 0 Å². The normalized spacial score (nSPS) is 19.8. The molecule has 1 aliphatic heterocycles. The van der Waals surface area contributed by atoms with Crippen LogP contribution in [0.1, 0.15) is 42.7 Å². The molecule has 1 N–H and O–H groups in total. The quantitative estimate of drug-likeness (QED) is 0.626. The number of nitrogens with one attached hydrogen (secondary N) is 1. The summed E-state index contributed by atoms with van der Waals surface area (Å²) in [5.74, 6) is -0.116. The lowest BCUT2D eigenvalue weighted by atomic mass is 9.84. The second kappa shape index (κ2) is 4.82. The summed E-state index contributed by atoms with van der Waals surface area (Å²) in [6, 6.07) is 3.71. The molecule has 0 radical (unpaired) electrons. The van der Waals surface area contributed by atoms with Gasteiger partial charge >= 0.3 is 0 Å². The molecule has 0 saturated heterocycles. The Morgan fingerprint density at radius 2 is 2.18 bits per heavy atom. The second-order valence-electron chi connectivity index (χ2n) is 5.08. The predicted octanol–water partition coefficient (Wildman–Crippen LogP) is 3.85. The monoisotopic (exact) mass is 271 g/mol. The maximum atomic E-state index is 14.1. The molecular formula is C13H18FNS2. The second-order valence-corrected chi connectivity index (χ2v) is 6.63. The van der Waals surface area contributed by atoms with Gasteiger partial charge in [0.05, 0.1) is 0 Å². The summed E-state index contributed by atoms with van der Waals surface area (Å²) in [6.07, 6.45) is 0.968. The van der Waals surface area contributed by atoms with Gasteiger partial charge in [-0.1, -0.05) is 16.9 Å². The number of rotatable bonds is 2. The van der Waals surface area contributed by atoms with Crippen molar-refractivity contribution in [1.29, 1.82) is 0 Å². The third-order valence-corrected chi connectivity index (χ3v) is 4.97. The molecule has 1 atom stereocenters. The molecule has 0 aliphatic carbocycles. The molecule has 1 aromatic rings. The lowest BCUT2D eigenvalue weighted by Gasteiger charge is -2.34. The molecule has 1 unspecified atom stereocenters. The van der Waals surface area contributed by atoms with E-state index >= 15 is 0 Å². The SMILES string of the molecule is CC(SS)c1cc2c(cc1F)C(C)(C)NCC2. The molecule has 17 heavy (non-hydrogen) atoms. The summed E-state index contributed by atoms with van der Waals surface area (Å²) >= 11 is 4.17. The average molecular weight is 271 g/mol. The van der Waals surface area contributed by atoms with E-state index in [9.17, 15) is 4.39 Å². The van der Waals surface area contributed by atoms with Crippen LogP contribution in [0.15, 0.2) is 12.1 Å². The summed E-state index contributed by atoms with van der Waals surface area (Å²) in [5.41, 5.74) is 2.98. The summed E-state index contributed by atoms with van der Waals surface area (Å²) in [7, 11) is 1.38. The average Bonchev–Trinajstić information content (AvgIpc) is 2.28. The van der Waals surface area contributed by atoms with Crippen LogP contribution in [-0.2, 0) is 12.0 Å². The van der Waals surface area contributed by atoms with Crippen LogP contribution in [-0.4, -0.2) is 6.54 Å². The van der Waals surface area contributed by atoms with E-state index < -0.39 is 0 Å². The van der Waals surface area contributed by atoms with E-state index in [4.69, 9.17) is 0 Å². The highest BCUT2D eigenvalue weighted by molar-refractivity contribution is 8.68. The van der Waals surface area contributed by atoms with Crippen molar-refractivity contribution < 1.29 is 4.39 Å². The van der Waals surface area contributed by atoms with Gasteiger partial charge in [0.25, 0.3) is 0 Å². The first-order chi connectivity index (χ1) is 7.95. The highest BCUT2D eigenvalue weighted by Crippen LogP contribution is 2.36. The first kappa shape index (κ1) is 13.2. The van der Waals surface area contributed by atoms with Gasteiger partial charge in [0.15, 0.2) is 0 Å².